The number of anilines is 1. The summed E-state index contributed by atoms with van der Waals surface area (Å²) in [5.41, 5.74) is 7.84. The smallest absolute Gasteiger partial charge is 0.240 e. The van der Waals surface area contributed by atoms with Gasteiger partial charge in [0.15, 0.2) is 0 Å². The van der Waals surface area contributed by atoms with Gasteiger partial charge >= 0.3 is 0 Å². The first-order chi connectivity index (χ1) is 9.88. The number of rotatable bonds is 9. The fourth-order valence-corrected chi connectivity index (χ4v) is 4.06. The lowest BCUT2D eigenvalue weighted by Crippen LogP contribution is -2.25. The molecular weight excluding hydrogens is 304 g/mol. The Morgan fingerprint density at radius 1 is 1.14 bits per heavy atom. The van der Waals surface area contributed by atoms with E-state index in [1.165, 1.54) is 12.2 Å². The molecule has 0 aromatic heterocycles. The third-order valence-corrected chi connectivity index (χ3v) is 5.69. The maximum Gasteiger partial charge on any atom is 0.240 e. The summed E-state index contributed by atoms with van der Waals surface area (Å²) in [6.45, 7) is 4.07. The van der Waals surface area contributed by atoms with Crippen LogP contribution in [0, 0.1) is 13.8 Å². The third kappa shape index (κ3) is 5.88. The lowest BCUT2D eigenvalue weighted by Gasteiger charge is -2.12. The van der Waals surface area contributed by atoms with Crippen LogP contribution in [0.4, 0.5) is 5.69 Å². The number of unbranched alkanes of at least 4 members (excludes halogenated alkanes) is 3. The monoisotopic (exact) mass is 330 g/mol. The zero-order valence-electron chi connectivity index (χ0n) is 13.1. The van der Waals surface area contributed by atoms with Gasteiger partial charge < -0.3 is 5.73 Å². The van der Waals surface area contributed by atoms with E-state index in [4.69, 9.17) is 5.73 Å². The molecule has 4 nitrogen and oxygen atoms in total. The van der Waals surface area contributed by atoms with Gasteiger partial charge in [0.2, 0.25) is 10.0 Å². The number of sulfonamides is 1. The largest absolute Gasteiger partial charge is 0.398 e. The highest BCUT2D eigenvalue weighted by atomic mass is 32.2. The number of nitrogens with one attached hydrogen (secondary N) is 1. The first-order valence-electron chi connectivity index (χ1n) is 7.24. The average molecular weight is 331 g/mol. The summed E-state index contributed by atoms with van der Waals surface area (Å²) in [6.07, 6.45) is 6.37. The normalized spacial score (nSPS) is 11.8. The van der Waals surface area contributed by atoms with Gasteiger partial charge in [-0.3, -0.25) is 0 Å². The van der Waals surface area contributed by atoms with Crippen molar-refractivity contribution < 1.29 is 8.42 Å². The molecule has 0 radical (unpaired) electrons. The van der Waals surface area contributed by atoms with Crippen LogP contribution >= 0.6 is 11.8 Å². The SMILES string of the molecule is CSCCCCCCNS(=O)(=O)c1cc(C)cc(N)c1C. The molecule has 0 bridgehead atoms. The minimum Gasteiger partial charge on any atom is -0.398 e. The molecule has 0 amide bonds. The quantitative estimate of drug-likeness (QED) is 0.539. The van der Waals surface area contributed by atoms with E-state index >= 15 is 0 Å². The molecule has 0 atom stereocenters. The highest BCUT2D eigenvalue weighted by Crippen LogP contribution is 2.22. The maximum atomic E-state index is 12.3. The zero-order valence-corrected chi connectivity index (χ0v) is 14.7. The number of hydrogen-bond donors (Lipinski definition) is 2. The van der Waals surface area contributed by atoms with Gasteiger partial charge in [0.1, 0.15) is 0 Å². The average Bonchev–Trinajstić information content (AvgIpc) is 2.41. The fraction of sp³-hybridized carbons (Fsp3) is 0.600. The lowest BCUT2D eigenvalue weighted by molar-refractivity contribution is 0.573. The Morgan fingerprint density at radius 2 is 1.81 bits per heavy atom. The second-order valence-electron chi connectivity index (χ2n) is 5.28. The first-order valence-corrected chi connectivity index (χ1v) is 10.1. The maximum absolute atomic E-state index is 12.3. The van der Waals surface area contributed by atoms with Crippen molar-refractivity contribution in [2.75, 3.05) is 24.3 Å². The van der Waals surface area contributed by atoms with Crippen molar-refractivity contribution in [3.8, 4) is 0 Å². The predicted octanol–water partition coefficient (Wildman–Crippen LogP) is 3.09. The number of hydrogen-bond acceptors (Lipinski definition) is 4. The zero-order chi connectivity index (χ0) is 15.9. The molecule has 120 valence electrons. The summed E-state index contributed by atoms with van der Waals surface area (Å²) in [5.74, 6) is 1.17. The predicted molar refractivity (Wildman–Crippen MR) is 92.4 cm³/mol. The van der Waals surface area contributed by atoms with Crippen molar-refractivity contribution in [3.05, 3.63) is 23.3 Å². The van der Waals surface area contributed by atoms with Gasteiger partial charge in [-0.15, -0.1) is 0 Å². The molecule has 0 heterocycles. The molecular formula is C15H26N2O2S2. The molecule has 0 aliphatic carbocycles. The molecule has 6 heteroatoms. The molecule has 21 heavy (non-hydrogen) atoms. The van der Waals surface area contributed by atoms with Crippen LogP contribution in [0.25, 0.3) is 0 Å². The molecule has 1 rings (SSSR count). The van der Waals surface area contributed by atoms with Crippen LogP contribution in [-0.2, 0) is 10.0 Å². The Balaban J connectivity index is 2.55. The van der Waals surface area contributed by atoms with Gasteiger partial charge in [-0.1, -0.05) is 12.8 Å². The molecule has 3 N–H and O–H groups in total. The summed E-state index contributed by atoms with van der Waals surface area (Å²) in [7, 11) is -3.47. The molecule has 0 spiro atoms. The Kier molecular flexibility index (Phi) is 7.56. The van der Waals surface area contributed by atoms with Crippen molar-refractivity contribution in [1.82, 2.24) is 4.72 Å². The van der Waals surface area contributed by atoms with E-state index in [0.717, 1.165) is 24.8 Å². The van der Waals surface area contributed by atoms with Crippen molar-refractivity contribution >= 4 is 27.5 Å². The Hall–Kier alpha value is -0.720. The van der Waals surface area contributed by atoms with E-state index in [9.17, 15) is 8.42 Å². The van der Waals surface area contributed by atoms with E-state index < -0.39 is 10.0 Å². The summed E-state index contributed by atoms with van der Waals surface area (Å²) >= 11 is 1.85. The highest BCUT2D eigenvalue weighted by molar-refractivity contribution is 7.98. The van der Waals surface area contributed by atoms with Gasteiger partial charge in [0.05, 0.1) is 4.90 Å². The van der Waals surface area contributed by atoms with E-state index in [0.29, 0.717) is 22.7 Å². The van der Waals surface area contributed by atoms with Gasteiger partial charge in [0, 0.05) is 12.2 Å². The topological polar surface area (TPSA) is 72.2 Å². The van der Waals surface area contributed by atoms with Gasteiger partial charge in [0.25, 0.3) is 0 Å². The van der Waals surface area contributed by atoms with E-state index in [1.807, 2.05) is 18.7 Å². The van der Waals surface area contributed by atoms with Crippen LogP contribution < -0.4 is 10.5 Å². The minimum atomic E-state index is -3.47. The summed E-state index contributed by atoms with van der Waals surface area (Å²) < 4.78 is 27.3. The minimum absolute atomic E-state index is 0.294. The van der Waals surface area contributed by atoms with Crippen LogP contribution in [0.2, 0.25) is 0 Å². The number of nitrogen functional groups attached to an aromatic ring is 1. The molecule has 0 unspecified atom stereocenters. The molecule has 0 saturated heterocycles. The summed E-state index contributed by atoms with van der Waals surface area (Å²) in [5, 5.41) is 0. The van der Waals surface area contributed by atoms with Crippen molar-refractivity contribution in [1.29, 1.82) is 0 Å². The lowest BCUT2D eigenvalue weighted by atomic mass is 10.1. The first kappa shape index (κ1) is 18.3. The third-order valence-electron chi connectivity index (χ3n) is 3.40. The number of benzene rings is 1. The van der Waals surface area contributed by atoms with Crippen LogP contribution in [0.15, 0.2) is 17.0 Å². The summed E-state index contributed by atoms with van der Waals surface area (Å²) in [4.78, 5) is 0.294. The van der Waals surface area contributed by atoms with Crippen LogP contribution in [0.5, 0.6) is 0 Å². The van der Waals surface area contributed by atoms with Crippen LogP contribution in [0.3, 0.4) is 0 Å². The second-order valence-corrected chi connectivity index (χ2v) is 8.00. The molecule has 0 aliphatic heterocycles. The van der Waals surface area contributed by atoms with Crippen molar-refractivity contribution in [3.63, 3.8) is 0 Å². The van der Waals surface area contributed by atoms with Gasteiger partial charge in [-0.25, -0.2) is 13.1 Å². The van der Waals surface area contributed by atoms with Crippen LogP contribution in [0.1, 0.15) is 36.8 Å². The molecule has 0 saturated carbocycles. The second kappa shape index (κ2) is 8.66. The molecule has 1 aromatic rings. The summed E-state index contributed by atoms with van der Waals surface area (Å²) in [6, 6.07) is 3.46. The van der Waals surface area contributed by atoms with Crippen LogP contribution in [-0.4, -0.2) is 27.0 Å². The van der Waals surface area contributed by atoms with Crippen molar-refractivity contribution in [2.24, 2.45) is 0 Å². The number of nitrogens with two attached hydrogens (primary N) is 1. The van der Waals surface area contributed by atoms with E-state index in [2.05, 4.69) is 11.0 Å². The Morgan fingerprint density at radius 3 is 2.48 bits per heavy atom. The van der Waals surface area contributed by atoms with E-state index in [1.54, 1.807) is 19.1 Å². The Bertz CT molecular complexity index is 557. The van der Waals surface area contributed by atoms with Gasteiger partial charge in [-0.2, -0.15) is 11.8 Å². The Labute approximate surface area is 132 Å². The fourth-order valence-electron chi connectivity index (χ4n) is 2.14. The molecule has 0 aliphatic rings. The standard InChI is InChI=1S/C15H26N2O2S2/c1-12-10-14(16)13(2)15(11-12)21(18,19)17-8-6-4-5-7-9-20-3/h10-11,17H,4-9,16H2,1-3H3. The molecule has 1 aromatic carbocycles. The van der Waals surface area contributed by atoms with Crippen molar-refractivity contribution in [2.45, 2.75) is 44.4 Å². The van der Waals surface area contributed by atoms with E-state index in [-0.39, 0.29) is 0 Å². The number of aryl methyl sites for hydroxylation is 1. The highest BCUT2D eigenvalue weighted by Gasteiger charge is 2.18. The molecule has 0 fully saturated rings. The number of thioether (sulfide) groups is 1. The van der Waals surface area contributed by atoms with Gasteiger partial charge in [-0.05, 0) is 62.0 Å².